The number of nitrogens with zero attached hydrogens (tertiary/aromatic N) is 1. The summed E-state index contributed by atoms with van der Waals surface area (Å²) in [6.07, 6.45) is 1.56. The molecule has 0 atom stereocenters. The molecule has 1 amide bonds. The fourth-order valence-corrected chi connectivity index (χ4v) is 1.85. The van der Waals surface area contributed by atoms with Crippen molar-refractivity contribution >= 4 is 17.6 Å². The van der Waals surface area contributed by atoms with Gasteiger partial charge in [-0.3, -0.25) is 4.79 Å². The van der Waals surface area contributed by atoms with Crippen LogP contribution >= 0.6 is 0 Å². The van der Waals surface area contributed by atoms with E-state index in [1.165, 1.54) is 22.8 Å². The Bertz CT molecular complexity index is 709. The first-order chi connectivity index (χ1) is 9.88. The molecule has 0 aliphatic rings. The third-order valence-electron chi connectivity index (χ3n) is 2.92. The third kappa shape index (κ3) is 3.19. The number of halogens is 1. The number of nitrogens with two attached hydrogens (primary N) is 2. The summed E-state index contributed by atoms with van der Waals surface area (Å²) in [5, 5.41) is 0. The van der Waals surface area contributed by atoms with Crippen LogP contribution in [0.5, 0.6) is 0 Å². The standard InChI is InChI=1S/C14H14FN3O3/c1-18-6-10(16)5-12(18)14(20)21-7-9-4-8(13(17)19)2-3-11(9)15/h2-6H,7,16H2,1H3,(H2,17,19). The molecule has 0 bridgehead atoms. The highest BCUT2D eigenvalue weighted by Crippen LogP contribution is 2.14. The van der Waals surface area contributed by atoms with Crippen LogP contribution in [0.15, 0.2) is 30.5 Å². The number of primary amides is 1. The normalized spacial score (nSPS) is 10.4. The molecule has 0 radical (unpaired) electrons. The molecule has 1 heterocycles. The minimum absolute atomic E-state index is 0.0711. The third-order valence-corrected chi connectivity index (χ3v) is 2.92. The molecule has 1 aromatic heterocycles. The summed E-state index contributed by atoms with van der Waals surface area (Å²) >= 11 is 0. The molecule has 0 aliphatic heterocycles. The van der Waals surface area contributed by atoms with Crippen molar-refractivity contribution in [3.8, 4) is 0 Å². The van der Waals surface area contributed by atoms with E-state index in [2.05, 4.69) is 0 Å². The summed E-state index contributed by atoms with van der Waals surface area (Å²) in [6, 6.07) is 5.08. The Morgan fingerprint density at radius 3 is 2.62 bits per heavy atom. The SMILES string of the molecule is Cn1cc(N)cc1C(=O)OCc1cc(C(N)=O)ccc1F. The van der Waals surface area contributed by atoms with Gasteiger partial charge in [0.05, 0.1) is 5.69 Å². The number of rotatable bonds is 4. The minimum Gasteiger partial charge on any atom is -0.456 e. The van der Waals surface area contributed by atoms with E-state index in [-0.39, 0.29) is 23.4 Å². The topological polar surface area (TPSA) is 100 Å². The molecule has 2 rings (SSSR count). The Balaban J connectivity index is 2.13. The van der Waals surface area contributed by atoms with Crippen LogP contribution in [-0.4, -0.2) is 16.4 Å². The summed E-state index contributed by atoms with van der Waals surface area (Å²) in [6.45, 7) is -0.309. The number of carbonyl (C=O) groups is 2. The Morgan fingerprint density at radius 2 is 2.05 bits per heavy atom. The Hall–Kier alpha value is -2.83. The number of anilines is 1. The summed E-state index contributed by atoms with van der Waals surface area (Å²) in [5.74, 6) is -1.91. The molecule has 0 fully saturated rings. The molecule has 0 spiro atoms. The zero-order chi connectivity index (χ0) is 15.6. The molecule has 0 aliphatic carbocycles. The maximum atomic E-state index is 13.6. The van der Waals surface area contributed by atoms with Crippen LogP contribution in [-0.2, 0) is 18.4 Å². The van der Waals surface area contributed by atoms with Gasteiger partial charge in [0.15, 0.2) is 0 Å². The number of esters is 1. The lowest BCUT2D eigenvalue weighted by Crippen LogP contribution is -2.13. The zero-order valence-electron chi connectivity index (χ0n) is 11.3. The van der Waals surface area contributed by atoms with Crippen molar-refractivity contribution < 1.29 is 18.7 Å². The quantitative estimate of drug-likeness (QED) is 0.826. The van der Waals surface area contributed by atoms with E-state index < -0.39 is 17.7 Å². The summed E-state index contributed by atoms with van der Waals surface area (Å²) in [4.78, 5) is 22.9. The van der Waals surface area contributed by atoms with E-state index in [4.69, 9.17) is 16.2 Å². The molecular weight excluding hydrogens is 277 g/mol. The predicted molar refractivity (Wildman–Crippen MR) is 73.9 cm³/mol. The summed E-state index contributed by atoms with van der Waals surface area (Å²) in [7, 11) is 1.64. The molecule has 0 saturated heterocycles. The number of aryl methyl sites for hydroxylation is 1. The van der Waals surface area contributed by atoms with Gasteiger partial charge in [0.1, 0.15) is 18.1 Å². The van der Waals surface area contributed by atoms with Crippen LogP contribution in [0.25, 0.3) is 0 Å². The van der Waals surface area contributed by atoms with Crippen molar-refractivity contribution in [2.75, 3.05) is 5.73 Å². The smallest absolute Gasteiger partial charge is 0.355 e. The highest BCUT2D eigenvalue weighted by atomic mass is 19.1. The maximum Gasteiger partial charge on any atom is 0.355 e. The number of hydrogen-bond donors (Lipinski definition) is 2. The second-order valence-electron chi connectivity index (χ2n) is 4.52. The average Bonchev–Trinajstić information content (AvgIpc) is 2.76. The Kier molecular flexibility index (Phi) is 3.93. The predicted octanol–water partition coefficient (Wildman–Crippen LogP) is 1.20. The second-order valence-corrected chi connectivity index (χ2v) is 4.52. The lowest BCUT2D eigenvalue weighted by molar-refractivity contribution is 0.0458. The summed E-state index contributed by atoms with van der Waals surface area (Å²) < 4.78 is 20.1. The van der Waals surface area contributed by atoms with E-state index in [1.807, 2.05) is 0 Å². The average molecular weight is 291 g/mol. The van der Waals surface area contributed by atoms with Gasteiger partial charge >= 0.3 is 5.97 Å². The monoisotopic (exact) mass is 291 g/mol. The fraction of sp³-hybridized carbons (Fsp3) is 0.143. The van der Waals surface area contributed by atoms with Crippen molar-refractivity contribution in [3.63, 3.8) is 0 Å². The van der Waals surface area contributed by atoms with Gasteiger partial charge in [0.2, 0.25) is 5.91 Å². The number of hydrogen-bond acceptors (Lipinski definition) is 4. The molecule has 7 heteroatoms. The van der Waals surface area contributed by atoms with Crippen LogP contribution in [0, 0.1) is 5.82 Å². The van der Waals surface area contributed by atoms with Gasteiger partial charge in [0, 0.05) is 24.4 Å². The van der Waals surface area contributed by atoms with Crippen molar-refractivity contribution in [1.29, 1.82) is 0 Å². The lowest BCUT2D eigenvalue weighted by Gasteiger charge is -2.07. The molecule has 110 valence electrons. The number of aromatic nitrogens is 1. The van der Waals surface area contributed by atoms with Crippen molar-refractivity contribution in [2.24, 2.45) is 12.8 Å². The number of ether oxygens (including phenoxy) is 1. The molecule has 1 aromatic carbocycles. The molecule has 21 heavy (non-hydrogen) atoms. The van der Waals surface area contributed by atoms with Crippen molar-refractivity contribution in [2.45, 2.75) is 6.61 Å². The van der Waals surface area contributed by atoms with Crippen LogP contribution in [0.4, 0.5) is 10.1 Å². The number of amides is 1. The van der Waals surface area contributed by atoms with Gasteiger partial charge in [-0.05, 0) is 24.3 Å². The van der Waals surface area contributed by atoms with Gasteiger partial charge < -0.3 is 20.8 Å². The Labute approximate surface area is 120 Å². The van der Waals surface area contributed by atoms with Crippen LogP contribution < -0.4 is 11.5 Å². The minimum atomic E-state index is -0.683. The number of nitrogen functional groups attached to an aromatic ring is 1. The molecule has 2 aromatic rings. The van der Waals surface area contributed by atoms with Crippen LogP contribution in [0.3, 0.4) is 0 Å². The van der Waals surface area contributed by atoms with E-state index >= 15 is 0 Å². The van der Waals surface area contributed by atoms with Gasteiger partial charge in [-0.15, -0.1) is 0 Å². The molecule has 0 unspecified atom stereocenters. The first kappa shape index (κ1) is 14.6. The van der Waals surface area contributed by atoms with Crippen LogP contribution in [0.1, 0.15) is 26.4 Å². The fourth-order valence-electron chi connectivity index (χ4n) is 1.85. The molecule has 4 N–H and O–H groups in total. The lowest BCUT2D eigenvalue weighted by atomic mass is 10.1. The Morgan fingerprint density at radius 1 is 1.33 bits per heavy atom. The second kappa shape index (κ2) is 5.66. The highest BCUT2D eigenvalue weighted by Gasteiger charge is 2.14. The molecular formula is C14H14FN3O3. The van der Waals surface area contributed by atoms with E-state index in [0.29, 0.717) is 5.69 Å². The van der Waals surface area contributed by atoms with Gasteiger partial charge in [-0.2, -0.15) is 0 Å². The van der Waals surface area contributed by atoms with E-state index in [0.717, 1.165) is 6.07 Å². The first-order valence-corrected chi connectivity index (χ1v) is 6.05. The maximum absolute atomic E-state index is 13.6. The van der Waals surface area contributed by atoms with Crippen molar-refractivity contribution in [1.82, 2.24) is 4.57 Å². The van der Waals surface area contributed by atoms with Crippen molar-refractivity contribution in [3.05, 3.63) is 53.1 Å². The number of carbonyl (C=O) groups excluding carboxylic acids is 2. The van der Waals surface area contributed by atoms with E-state index in [9.17, 15) is 14.0 Å². The largest absolute Gasteiger partial charge is 0.456 e. The summed E-state index contributed by atoms with van der Waals surface area (Å²) in [5.41, 5.74) is 11.6. The van der Waals surface area contributed by atoms with Crippen LogP contribution in [0.2, 0.25) is 0 Å². The number of benzene rings is 1. The molecule has 6 nitrogen and oxygen atoms in total. The van der Waals surface area contributed by atoms with Gasteiger partial charge in [-0.1, -0.05) is 0 Å². The van der Waals surface area contributed by atoms with E-state index in [1.54, 1.807) is 13.2 Å². The molecule has 0 saturated carbocycles. The highest BCUT2D eigenvalue weighted by molar-refractivity contribution is 5.93. The van der Waals surface area contributed by atoms with Gasteiger partial charge in [0.25, 0.3) is 0 Å². The van der Waals surface area contributed by atoms with Gasteiger partial charge in [-0.25, -0.2) is 9.18 Å². The zero-order valence-corrected chi connectivity index (χ0v) is 11.3. The first-order valence-electron chi connectivity index (χ1n) is 6.05.